The Morgan fingerprint density at radius 2 is 1.48 bits per heavy atom. The summed E-state index contributed by atoms with van der Waals surface area (Å²) in [6, 6.07) is 13.1. The number of carbonyl (C=O) groups excluding carboxylic acids is 3. The van der Waals surface area contributed by atoms with Gasteiger partial charge in [0, 0.05) is 17.0 Å². The third kappa shape index (κ3) is 8.31. The van der Waals surface area contributed by atoms with Crippen molar-refractivity contribution in [3.8, 4) is 11.5 Å². The highest BCUT2D eigenvalue weighted by Crippen LogP contribution is 2.20. The second-order valence-electron chi connectivity index (χ2n) is 6.02. The van der Waals surface area contributed by atoms with Crippen molar-refractivity contribution in [1.82, 2.24) is 0 Å². The average molecular weight is 461 g/mol. The molecule has 0 saturated heterocycles. The quantitative estimate of drug-likeness (QED) is 0.218. The van der Waals surface area contributed by atoms with Crippen LogP contribution >= 0.6 is 15.9 Å². The normalized spacial score (nSPS) is 10.1. The predicted molar refractivity (Wildman–Crippen MR) is 111 cm³/mol. The molecule has 0 heterocycles. The number of benzene rings is 2. The molecule has 2 rings (SSSR count). The van der Waals surface area contributed by atoms with Gasteiger partial charge in [0.25, 0.3) is 0 Å². The molecule has 0 bridgehead atoms. The second kappa shape index (κ2) is 11.8. The minimum Gasteiger partial charge on any atom is -0.463 e. The number of ether oxygens (including phenoxy) is 3. The molecule has 0 aliphatic rings. The van der Waals surface area contributed by atoms with Crippen molar-refractivity contribution in [3.63, 3.8) is 0 Å². The molecule has 152 valence electrons. The van der Waals surface area contributed by atoms with Crippen LogP contribution in [-0.2, 0) is 14.3 Å². The van der Waals surface area contributed by atoms with Gasteiger partial charge >= 0.3 is 17.9 Å². The number of carbonyl (C=O) groups is 3. The highest BCUT2D eigenvalue weighted by atomic mass is 79.9. The summed E-state index contributed by atoms with van der Waals surface area (Å²) in [6.45, 7) is 3.62. The van der Waals surface area contributed by atoms with Crippen LogP contribution < -0.4 is 9.47 Å². The maximum atomic E-state index is 12.1. The Hall–Kier alpha value is -2.93. The van der Waals surface area contributed by atoms with Crippen molar-refractivity contribution in [1.29, 1.82) is 0 Å². The van der Waals surface area contributed by atoms with Gasteiger partial charge in [0.05, 0.1) is 12.2 Å². The zero-order chi connectivity index (χ0) is 21.1. The third-order valence-corrected chi connectivity index (χ3v) is 4.31. The van der Waals surface area contributed by atoms with E-state index in [0.29, 0.717) is 36.5 Å². The van der Waals surface area contributed by atoms with Crippen LogP contribution in [-0.4, -0.2) is 24.5 Å². The second-order valence-corrected chi connectivity index (χ2v) is 6.94. The van der Waals surface area contributed by atoms with Gasteiger partial charge in [-0.1, -0.05) is 22.5 Å². The molecule has 0 aliphatic heterocycles. The van der Waals surface area contributed by atoms with Crippen molar-refractivity contribution >= 4 is 33.8 Å². The SMILES string of the molecule is C=CC(=O)OCCCCCC(=O)Oc1ccc(OC(=O)c2ccc(Br)cc2)cc1. The molecule has 0 N–H and O–H groups in total. The number of esters is 3. The summed E-state index contributed by atoms with van der Waals surface area (Å²) in [5, 5.41) is 0. The first-order valence-corrected chi connectivity index (χ1v) is 9.85. The van der Waals surface area contributed by atoms with E-state index < -0.39 is 11.9 Å². The highest BCUT2D eigenvalue weighted by molar-refractivity contribution is 9.10. The highest BCUT2D eigenvalue weighted by Gasteiger charge is 2.09. The van der Waals surface area contributed by atoms with Crippen LogP contribution in [0.1, 0.15) is 36.0 Å². The summed E-state index contributed by atoms with van der Waals surface area (Å²) in [7, 11) is 0. The van der Waals surface area contributed by atoms with Crippen LogP contribution in [0.5, 0.6) is 11.5 Å². The third-order valence-electron chi connectivity index (χ3n) is 3.78. The number of unbranched alkanes of at least 4 members (excludes halogenated alkanes) is 2. The Morgan fingerprint density at radius 3 is 2.10 bits per heavy atom. The summed E-state index contributed by atoms with van der Waals surface area (Å²) in [6.07, 6.45) is 3.42. The average Bonchev–Trinajstić information content (AvgIpc) is 2.72. The first kappa shape index (κ1) is 22.4. The summed E-state index contributed by atoms with van der Waals surface area (Å²) in [4.78, 5) is 34.8. The van der Waals surface area contributed by atoms with Crippen LogP contribution in [0.15, 0.2) is 65.7 Å². The van der Waals surface area contributed by atoms with Gasteiger partial charge < -0.3 is 14.2 Å². The minimum atomic E-state index is -0.471. The summed E-state index contributed by atoms with van der Waals surface area (Å²) < 4.78 is 16.3. The molecule has 2 aromatic carbocycles. The molecule has 0 unspecified atom stereocenters. The molecule has 0 radical (unpaired) electrons. The molecule has 0 amide bonds. The van der Waals surface area contributed by atoms with Crippen LogP contribution in [0.25, 0.3) is 0 Å². The fraction of sp³-hybridized carbons (Fsp3) is 0.227. The lowest BCUT2D eigenvalue weighted by Gasteiger charge is -2.07. The predicted octanol–water partition coefficient (Wildman–Crippen LogP) is 4.86. The summed E-state index contributed by atoms with van der Waals surface area (Å²) >= 11 is 3.31. The Labute approximate surface area is 177 Å². The fourth-order valence-electron chi connectivity index (χ4n) is 2.29. The Morgan fingerprint density at radius 1 is 0.862 bits per heavy atom. The van der Waals surface area contributed by atoms with Gasteiger partial charge in [-0.25, -0.2) is 9.59 Å². The smallest absolute Gasteiger partial charge is 0.343 e. The topological polar surface area (TPSA) is 78.9 Å². The molecule has 0 atom stereocenters. The van der Waals surface area contributed by atoms with Crippen LogP contribution in [0.2, 0.25) is 0 Å². The van der Waals surface area contributed by atoms with E-state index in [1.54, 1.807) is 48.5 Å². The molecule has 7 heteroatoms. The molecule has 29 heavy (non-hydrogen) atoms. The van der Waals surface area contributed by atoms with E-state index in [0.717, 1.165) is 17.0 Å². The molecule has 0 saturated carbocycles. The molecule has 0 aliphatic carbocycles. The van der Waals surface area contributed by atoms with Gasteiger partial charge in [-0.3, -0.25) is 4.79 Å². The fourth-order valence-corrected chi connectivity index (χ4v) is 2.55. The van der Waals surface area contributed by atoms with Crippen LogP contribution in [0, 0.1) is 0 Å². The van der Waals surface area contributed by atoms with E-state index >= 15 is 0 Å². The molecule has 0 spiro atoms. The van der Waals surface area contributed by atoms with E-state index in [-0.39, 0.29) is 12.4 Å². The largest absolute Gasteiger partial charge is 0.463 e. The molecule has 6 nitrogen and oxygen atoms in total. The van der Waals surface area contributed by atoms with Crippen molar-refractivity contribution < 1.29 is 28.6 Å². The number of halogens is 1. The van der Waals surface area contributed by atoms with Gasteiger partial charge in [-0.05, 0) is 67.8 Å². The first-order chi connectivity index (χ1) is 14.0. The zero-order valence-electron chi connectivity index (χ0n) is 15.8. The monoisotopic (exact) mass is 460 g/mol. The van der Waals surface area contributed by atoms with Gasteiger partial charge in [0.15, 0.2) is 0 Å². The van der Waals surface area contributed by atoms with E-state index in [2.05, 4.69) is 22.5 Å². The minimum absolute atomic E-state index is 0.260. The van der Waals surface area contributed by atoms with Gasteiger partial charge in [0.1, 0.15) is 11.5 Å². The van der Waals surface area contributed by atoms with E-state index in [9.17, 15) is 14.4 Å². The van der Waals surface area contributed by atoms with Gasteiger partial charge in [-0.15, -0.1) is 0 Å². The molecule has 0 fully saturated rings. The lowest BCUT2D eigenvalue weighted by Crippen LogP contribution is -2.09. The van der Waals surface area contributed by atoms with Gasteiger partial charge in [-0.2, -0.15) is 0 Å². The van der Waals surface area contributed by atoms with E-state index in [4.69, 9.17) is 14.2 Å². The number of hydrogen-bond acceptors (Lipinski definition) is 6. The van der Waals surface area contributed by atoms with E-state index in [1.807, 2.05) is 0 Å². The lowest BCUT2D eigenvalue weighted by molar-refractivity contribution is -0.138. The van der Waals surface area contributed by atoms with E-state index in [1.165, 1.54) is 0 Å². The maximum Gasteiger partial charge on any atom is 0.343 e. The Bertz CT molecular complexity index is 843. The Kier molecular flexibility index (Phi) is 9.11. The van der Waals surface area contributed by atoms with Gasteiger partial charge in [0.2, 0.25) is 0 Å². The van der Waals surface area contributed by atoms with Crippen molar-refractivity contribution in [2.45, 2.75) is 25.7 Å². The standard InChI is InChI=1S/C22H21BrO6/c1-2-20(24)27-15-5-3-4-6-21(25)28-18-11-13-19(14-12-18)29-22(26)16-7-9-17(23)10-8-16/h2,7-14H,1,3-6,15H2. The van der Waals surface area contributed by atoms with Crippen LogP contribution in [0.3, 0.4) is 0 Å². The maximum absolute atomic E-state index is 12.1. The Balaban J connectivity index is 1.70. The van der Waals surface area contributed by atoms with Crippen LogP contribution in [0.4, 0.5) is 0 Å². The number of hydrogen-bond donors (Lipinski definition) is 0. The van der Waals surface area contributed by atoms with Crippen molar-refractivity contribution in [2.24, 2.45) is 0 Å². The molecular formula is C22H21BrO6. The molecular weight excluding hydrogens is 440 g/mol. The number of rotatable bonds is 10. The summed E-state index contributed by atoms with van der Waals surface area (Å²) in [5.41, 5.74) is 0.433. The lowest BCUT2D eigenvalue weighted by atomic mass is 10.2. The molecule has 2 aromatic rings. The van der Waals surface area contributed by atoms with Crippen molar-refractivity contribution in [2.75, 3.05) is 6.61 Å². The zero-order valence-corrected chi connectivity index (χ0v) is 17.4. The first-order valence-electron chi connectivity index (χ1n) is 9.05. The summed E-state index contributed by atoms with van der Waals surface area (Å²) in [5.74, 6) is -0.547. The molecule has 0 aromatic heterocycles. The van der Waals surface area contributed by atoms with Crippen molar-refractivity contribution in [3.05, 3.63) is 71.2 Å².